The zero-order valence-corrected chi connectivity index (χ0v) is 27.7. The first-order valence-electron chi connectivity index (χ1n) is 15.9. The van der Waals surface area contributed by atoms with Gasteiger partial charge in [-0.05, 0) is 17.3 Å². The fourth-order valence-electron chi connectivity index (χ4n) is 11.7. The maximum absolute atomic E-state index is 12.4. The van der Waals surface area contributed by atoms with Gasteiger partial charge in [-0.25, -0.2) is 43.3 Å². The largest absolute Gasteiger partial charge is 0.421 e. The number of hydrogen-bond donors (Lipinski definition) is 0. The molecule has 0 spiro atoms. The molecule has 54 heavy (non-hydrogen) atoms. The van der Waals surface area contributed by atoms with E-state index in [0.29, 0.717) is 0 Å². The molecule has 272 valence electrons. The Morgan fingerprint density at radius 2 is 0.833 bits per heavy atom. The Hall–Kier alpha value is -7.09. The van der Waals surface area contributed by atoms with Gasteiger partial charge < -0.3 is 14.2 Å². The third-order valence-electron chi connectivity index (χ3n) is 12.5. The molecule has 5 aliphatic rings. The summed E-state index contributed by atoms with van der Waals surface area (Å²) in [5.41, 5.74) is -3.49. The van der Waals surface area contributed by atoms with Gasteiger partial charge >= 0.3 is 0 Å². The van der Waals surface area contributed by atoms with Gasteiger partial charge in [0.25, 0.3) is 18.8 Å². The first-order chi connectivity index (χ1) is 26.2. The Balaban J connectivity index is 2.11. The van der Waals surface area contributed by atoms with Crippen LogP contribution in [0.1, 0.15) is 13.8 Å². The minimum absolute atomic E-state index is 1.22. The second kappa shape index (κ2) is 15.3. The molecule has 0 aromatic carbocycles. The van der Waals surface area contributed by atoms with Crippen molar-refractivity contribution in [2.75, 3.05) is 0 Å². The number of aliphatic imine (C=N–C) groups is 8. The van der Waals surface area contributed by atoms with Crippen molar-refractivity contribution < 1.29 is 52.6 Å². The van der Waals surface area contributed by atoms with Gasteiger partial charge in [0.15, 0.2) is 12.2 Å². The molecule has 22 heteroatoms. The van der Waals surface area contributed by atoms with Crippen LogP contribution in [0.3, 0.4) is 0 Å². The summed E-state index contributed by atoms with van der Waals surface area (Å²) in [6, 6.07) is -12.8. The lowest BCUT2D eigenvalue weighted by atomic mass is 9.28. The fraction of sp³-hybridized carbons (Fsp3) is 0.656. The van der Waals surface area contributed by atoms with E-state index in [1.165, 1.54) is 74.3 Å². The van der Waals surface area contributed by atoms with E-state index in [2.05, 4.69) is 39.9 Å². The van der Waals surface area contributed by atoms with Gasteiger partial charge in [0.05, 0.1) is 30.2 Å². The van der Waals surface area contributed by atoms with Crippen LogP contribution in [0.5, 0.6) is 0 Å². The highest BCUT2D eigenvalue weighted by Crippen LogP contribution is 2.76. The summed E-state index contributed by atoms with van der Waals surface area (Å²) in [4.78, 5) is 129. The van der Waals surface area contributed by atoms with E-state index in [0.717, 1.165) is 0 Å². The number of ether oxygens (including phenoxy) is 3. The molecular formula is C32H23N11O11. The summed E-state index contributed by atoms with van der Waals surface area (Å²) in [7, 11) is 0. The molecule has 0 saturated heterocycles. The number of hydrogen-bond acceptors (Lipinski definition) is 22. The van der Waals surface area contributed by atoms with Crippen LogP contribution in [0.25, 0.3) is 0 Å². The standard InChI is InChI=1S/C32H23N11O11/c1-31-17-14-19(36-6-44)16-20(37-7-45)24(41-11-49)30(43-13-51)32(2,28(16)31)29(42-12-50)23(40-10-48)18(31)22(39-9-47)25(52-3-33)15(17)26(53-4-34)27(54-5-35)21(14)38-8-46/h14-30H,1-2H3. The van der Waals surface area contributed by atoms with E-state index in [1.807, 2.05) is 0 Å². The smallest absolute Gasteiger partial charge is 0.286 e. The lowest BCUT2D eigenvalue weighted by molar-refractivity contribution is -0.295. The van der Waals surface area contributed by atoms with Crippen molar-refractivity contribution in [3.63, 3.8) is 0 Å². The van der Waals surface area contributed by atoms with Crippen LogP contribution < -0.4 is 0 Å². The van der Waals surface area contributed by atoms with Crippen molar-refractivity contribution in [3.05, 3.63) is 0 Å². The van der Waals surface area contributed by atoms with Crippen molar-refractivity contribution in [1.29, 1.82) is 15.8 Å². The lowest BCUT2D eigenvalue weighted by Crippen LogP contribution is -2.84. The van der Waals surface area contributed by atoms with Gasteiger partial charge in [-0.3, -0.25) is 0 Å². The maximum atomic E-state index is 12.4. The second-order valence-electron chi connectivity index (χ2n) is 13.6. The fourth-order valence-corrected chi connectivity index (χ4v) is 11.7. The quantitative estimate of drug-likeness (QED) is 0.139. The zero-order chi connectivity index (χ0) is 39.4. The minimum Gasteiger partial charge on any atom is -0.421 e. The molecule has 0 bridgehead atoms. The number of isocyanates is 8. The van der Waals surface area contributed by atoms with E-state index in [1.54, 1.807) is 6.92 Å². The predicted octanol–water partition coefficient (Wildman–Crippen LogP) is -1.00. The molecule has 22 nitrogen and oxygen atoms in total. The summed E-state index contributed by atoms with van der Waals surface area (Å²) >= 11 is 0. The maximum Gasteiger partial charge on any atom is 0.286 e. The minimum atomic E-state index is -1.84. The molecule has 5 saturated carbocycles. The summed E-state index contributed by atoms with van der Waals surface area (Å²) in [6.45, 7) is 3.04. The molecule has 5 aliphatic carbocycles. The molecule has 0 aromatic rings. The van der Waals surface area contributed by atoms with Crippen LogP contribution in [0.15, 0.2) is 39.9 Å². The first kappa shape index (κ1) is 38.1. The van der Waals surface area contributed by atoms with Gasteiger partial charge in [0.2, 0.25) is 48.6 Å². The average Bonchev–Trinajstić information content (AvgIpc) is 3.14. The lowest BCUT2D eigenvalue weighted by Gasteiger charge is -2.76. The molecule has 0 aromatic heterocycles. The van der Waals surface area contributed by atoms with Crippen LogP contribution in [0.4, 0.5) is 0 Å². The van der Waals surface area contributed by atoms with E-state index in [4.69, 9.17) is 14.2 Å². The van der Waals surface area contributed by atoms with Crippen LogP contribution in [-0.4, -0.2) is 115 Å². The van der Waals surface area contributed by atoms with Gasteiger partial charge in [0.1, 0.15) is 24.2 Å². The summed E-state index contributed by atoms with van der Waals surface area (Å²) in [6.07, 6.45) is 10.8. The van der Waals surface area contributed by atoms with E-state index >= 15 is 0 Å². The Kier molecular flexibility index (Phi) is 10.8. The van der Waals surface area contributed by atoms with Crippen molar-refractivity contribution in [2.45, 2.75) is 80.5 Å². The molecule has 5 fully saturated rings. The van der Waals surface area contributed by atoms with Crippen LogP contribution in [0.2, 0.25) is 0 Å². The first-order valence-corrected chi connectivity index (χ1v) is 15.9. The average molecular weight is 738 g/mol. The molecule has 19 unspecified atom stereocenters. The summed E-state index contributed by atoms with van der Waals surface area (Å²) in [5, 5.41) is 29.6. The third-order valence-corrected chi connectivity index (χ3v) is 12.5. The zero-order valence-electron chi connectivity index (χ0n) is 27.7. The van der Waals surface area contributed by atoms with Crippen molar-refractivity contribution in [3.8, 4) is 18.8 Å². The predicted molar refractivity (Wildman–Crippen MR) is 164 cm³/mol. The Labute approximate surface area is 302 Å². The topological polar surface area (TPSA) is 334 Å². The van der Waals surface area contributed by atoms with E-state index in [-0.39, 0.29) is 0 Å². The molecule has 5 rings (SSSR count). The molecule has 0 N–H and O–H groups in total. The second-order valence-corrected chi connectivity index (χ2v) is 13.6. The summed E-state index contributed by atoms with van der Waals surface area (Å²) < 4.78 is 16.4. The van der Waals surface area contributed by atoms with E-state index < -0.39 is 113 Å². The third kappa shape index (κ3) is 5.13. The Morgan fingerprint density at radius 1 is 0.407 bits per heavy atom. The number of rotatable bonds is 11. The van der Waals surface area contributed by atoms with Crippen molar-refractivity contribution in [1.82, 2.24) is 0 Å². The molecule has 0 radical (unpaired) electrons. The number of carbonyl (C=O) groups excluding carboxylic acids is 8. The van der Waals surface area contributed by atoms with Gasteiger partial charge in [0, 0.05) is 29.1 Å². The highest BCUT2D eigenvalue weighted by atomic mass is 16.5. The Bertz CT molecular complexity index is 2100. The number of nitrogens with zero attached hydrogens (tertiary/aromatic N) is 11. The SMILES string of the molecule is CC12C(N=C=O)C(N=C=O)C(N=C=O)C3C(N=C=O)C4C(N=C=O)C(OC#N)C(OC#N)C5C(OC#N)C(N=C=O)C(C(N=C=O)C1N=C=O)C(C)(C45)C32. The van der Waals surface area contributed by atoms with Gasteiger partial charge in [-0.15, -0.1) is 0 Å². The molecule has 0 heterocycles. The Morgan fingerprint density at radius 3 is 1.37 bits per heavy atom. The molecule has 0 aliphatic heterocycles. The van der Waals surface area contributed by atoms with Crippen LogP contribution >= 0.6 is 0 Å². The van der Waals surface area contributed by atoms with Gasteiger partial charge in [-0.1, -0.05) is 13.8 Å². The van der Waals surface area contributed by atoms with Crippen molar-refractivity contribution >= 4 is 48.6 Å². The van der Waals surface area contributed by atoms with Crippen LogP contribution in [-0.2, 0) is 52.6 Å². The normalized spacial score (nSPS) is 44.0. The van der Waals surface area contributed by atoms with Crippen molar-refractivity contribution in [2.24, 2.45) is 86.3 Å². The number of nitriles is 3. The van der Waals surface area contributed by atoms with Crippen LogP contribution in [0, 0.1) is 80.9 Å². The molecular weight excluding hydrogens is 714 g/mol. The summed E-state index contributed by atoms with van der Waals surface area (Å²) in [5.74, 6) is -7.94. The van der Waals surface area contributed by atoms with E-state index in [9.17, 15) is 54.1 Å². The molecule has 19 atom stereocenters. The highest BCUT2D eigenvalue weighted by molar-refractivity contribution is 5.47. The monoisotopic (exact) mass is 737 g/mol. The van der Waals surface area contributed by atoms with Gasteiger partial charge in [-0.2, -0.15) is 50.7 Å². The highest BCUT2D eigenvalue weighted by Gasteiger charge is 2.83. The molecule has 0 amide bonds.